The van der Waals surface area contributed by atoms with Gasteiger partial charge in [-0.25, -0.2) is 9.37 Å². The largest absolute Gasteiger partial charge is 0.481 e. The van der Waals surface area contributed by atoms with Gasteiger partial charge in [0, 0.05) is 42.2 Å². The minimum Gasteiger partial charge on any atom is -0.481 e. The van der Waals surface area contributed by atoms with Crippen molar-refractivity contribution < 1.29 is 38.1 Å². The number of aliphatic hydroxyl groups excluding tert-OH is 1. The molecule has 1 fully saturated rings. The maximum atomic E-state index is 14.4. The molecule has 0 aliphatic carbocycles. The Balaban J connectivity index is 1.51. The Morgan fingerprint density at radius 3 is 2.58 bits per heavy atom. The molecule has 0 unspecified atom stereocenters. The number of anilines is 1. The lowest BCUT2D eigenvalue weighted by Crippen LogP contribution is -2.48. The highest BCUT2D eigenvalue weighted by Gasteiger charge is 2.48. The number of carbonyl (C=O) groups is 2. The van der Waals surface area contributed by atoms with Crippen molar-refractivity contribution in [3.05, 3.63) is 71.2 Å². The van der Waals surface area contributed by atoms with E-state index in [1.807, 2.05) is 4.90 Å². The van der Waals surface area contributed by atoms with Crippen LogP contribution < -0.4 is 14.4 Å². The molecular formula is C34H42FN3O7. The second kappa shape index (κ2) is 14.4. The van der Waals surface area contributed by atoms with Crippen LogP contribution in [0.5, 0.6) is 11.5 Å². The van der Waals surface area contributed by atoms with Gasteiger partial charge in [-0.3, -0.25) is 14.5 Å². The molecule has 2 aliphatic heterocycles. The number of aliphatic carboxylic acids is 1. The standard InChI is InChI=1S/C34H42FN3O7/c1-4-6-24(7-5-2)38(25-8-9-27(35)21(3)14-25)31(40)18-37-17-26(22-15-23(19-39)33-29(16-22)44-20-45-33)32(34(41)42)28(37)10-11-30-36-12-13-43-30/h8-9,12-16,24,26,28,32,39H,4-7,10-11,17-20H2,1-3H3,(H,41,42)/t26-,28+,32-/m1/s1. The van der Waals surface area contributed by atoms with Gasteiger partial charge in [0.05, 0.1) is 25.3 Å². The van der Waals surface area contributed by atoms with Gasteiger partial charge < -0.3 is 29.0 Å². The zero-order chi connectivity index (χ0) is 32.1. The summed E-state index contributed by atoms with van der Waals surface area (Å²) in [5.41, 5.74) is 2.31. The molecule has 2 N–H and O–H groups in total. The van der Waals surface area contributed by atoms with Gasteiger partial charge in [-0.15, -0.1) is 0 Å². The summed E-state index contributed by atoms with van der Waals surface area (Å²) in [4.78, 5) is 35.3. The van der Waals surface area contributed by atoms with Crippen molar-refractivity contribution >= 4 is 17.6 Å². The predicted octanol–water partition coefficient (Wildman–Crippen LogP) is 5.45. The van der Waals surface area contributed by atoms with E-state index in [0.717, 1.165) is 25.7 Å². The van der Waals surface area contributed by atoms with Gasteiger partial charge in [0.15, 0.2) is 17.4 Å². The van der Waals surface area contributed by atoms with Crippen LogP contribution in [0.4, 0.5) is 10.1 Å². The van der Waals surface area contributed by atoms with Gasteiger partial charge in [0.2, 0.25) is 12.7 Å². The quantitative estimate of drug-likeness (QED) is 0.241. The molecule has 0 saturated carbocycles. The number of aromatic nitrogens is 1. The van der Waals surface area contributed by atoms with Crippen LogP contribution in [0.15, 0.2) is 47.2 Å². The summed E-state index contributed by atoms with van der Waals surface area (Å²) < 4.78 is 30.9. The summed E-state index contributed by atoms with van der Waals surface area (Å²) in [6.07, 6.45) is 7.15. The lowest BCUT2D eigenvalue weighted by atomic mass is 9.83. The monoisotopic (exact) mass is 623 g/mol. The maximum absolute atomic E-state index is 14.4. The zero-order valence-electron chi connectivity index (χ0n) is 26.1. The Morgan fingerprint density at radius 1 is 1.16 bits per heavy atom. The normalized spacial score (nSPS) is 19.4. The number of rotatable bonds is 14. The van der Waals surface area contributed by atoms with Crippen molar-refractivity contribution in [2.75, 3.05) is 24.8 Å². The third kappa shape index (κ3) is 6.99. The smallest absolute Gasteiger partial charge is 0.308 e. The Labute approximate surface area is 262 Å². The van der Waals surface area contributed by atoms with Gasteiger partial charge in [0.1, 0.15) is 12.1 Å². The third-order valence-electron chi connectivity index (χ3n) is 8.98. The summed E-state index contributed by atoms with van der Waals surface area (Å²) in [7, 11) is 0. The highest BCUT2D eigenvalue weighted by Crippen LogP contribution is 2.45. The number of nitrogens with zero attached hydrogens (tertiary/aromatic N) is 3. The van der Waals surface area contributed by atoms with Crippen molar-refractivity contribution in [1.29, 1.82) is 0 Å². The second-order valence-electron chi connectivity index (χ2n) is 11.9. The van der Waals surface area contributed by atoms with Crippen LogP contribution in [0.3, 0.4) is 0 Å². The fraction of sp³-hybridized carbons (Fsp3) is 0.500. The van der Waals surface area contributed by atoms with Gasteiger partial charge in [0.25, 0.3) is 0 Å². The van der Waals surface area contributed by atoms with Crippen molar-refractivity contribution in [3.63, 3.8) is 0 Å². The van der Waals surface area contributed by atoms with E-state index in [9.17, 15) is 24.2 Å². The van der Waals surface area contributed by atoms with Gasteiger partial charge in [-0.1, -0.05) is 26.7 Å². The predicted molar refractivity (Wildman–Crippen MR) is 165 cm³/mol. The van der Waals surface area contributed by atoms with Crippen molar-refractivity contribution in [2.24, 2.45) is 5.92 Å². The molecule has 1 amide bonds. The Kier molecular flexibility index (Phi) is 10.4. The molecule has 2 aromatic carbocycles. The third-order valence-corrected chi connectivity index (χ3v) is 8.98. The summed E-state index contributed by atoms with van der Waals surface area (Å²) in [5.74, 6) is -1.41. The molecule has 3 aromatic rings. The number of benzene rings is 2. The summed E-state index contributed by atoms with van der Waals surface area (Å²) in [6.45, 7) is 5.85. The summed E-state index contributed by atoms with van der Waals surface area (Å²) in [5, 5.41) is 20.7. The molecule has 0 bridgehead atoms. The van der Waals surface area contributed by atoms with E-state index >= 15 is 0 Å². The fourth-order valence-electron chi connectivity index (χ4n) is 6.93. The highest BCUT2D eigenvalue weighted by atomic mass is 19.1. The number of aryl methyl sites for hydroxylation is 2. The first-order valence-electron chi connectivity index (χ1n) is 15.7. The number of carboxylic acid groups (broad SMARTS) is 1. The molecule has 45 heavy (non-hydrogen) atoms. The molecule has 11 heteroatoms. The van der Waals surface area contributed by atoms with E-state index in [0.29, 0.717) is 59.2 Å². The highest BCUT2D eigenvalue weighted by molar-refractivity contribution is 5.95. The van der Waals surface area contributed by atoms with Crippen LogP contribution in [-0.2, 0) is 22.6 Å². The molecule has 0 radical (unpaired) electrons. The van der Waals surface area contributed by atoms with E-state index in [2.05, 4.69) is 18.8 Å². The minimum atomic E-state index is -0.976. The SMILES string of the molecule is CCCC(CCC)N(C(=O)CN1C[C@H](c2cc(CO)c3c(c2)OCO3)[C@@H](C(=O)O)[C@@H]1CCc1ncco1)c1ccc(F)c(C)c1. The summed E-state index contributed by atoms with van der Waals surface area (Å²) >= 11 is 0. The molecule has 242 valence electrons. The van der Waals surface area contributed by atoms with E-state index in [-0.39, 0.29) is 37.7 Å². The first-order valence-corrected chi connectivity index (χ1v) is 15.7. The number of amides is 1. The number of carbonyl (C=O) groups excluding carboxylic acids is 1. The topological polar surface area (TPSA) is 126 Å². The number of carboxylic acids is 1. The van der Waals surface area contributed by atoms with E-state index < -0.39 is 23.8 Å². The van der Waals surface area contributed by atoms with E-state index in [1.54, 1.807) is 42.3 Å². The number of aliphatic hydroxyl groups is 1. The van der Waals surface area contributed by atoms with Gasteiger partial charge >= 0.3 is 5.97 Å². The van der Waals surface area contributed by atoms with Crippen LogP contribution >= 0.6 is 0 Å². The van der Waals surface area contributed by atoms with Crippen LogP contribution in [-0.4, -0.2) is 63.9 Å². The molecule has 0 spiro atoms. The molecule has 3 atom stereocenters. The summed E-state index contributed by atoms with van der Waals surface area (Å²) in [6, 6.07) is 7.71. The zero-order valence-corrected chi connectivity index (χ0v) is 26.1. The average Bonchev–Trinajstić information content (AvgIpc) is 3.78. The van der Waals surface area contributed by atoms with Crippen LogP contribution in [0, 0.1) is 18.7 Å². The molecule has 10 nitrogen and oxygen atoms in total. The number of hydrogen-bond donors (Lipinski definition) is 2. The first kappa shape index (κ1) is 32.4. The average molecular weight is 624 g/mol. The lowest BCUT2D eigenvalue weighted by molar-refractivity contribution is -0.143. The molecule has 3 heterocycles. The number of ether oxygens (including phenoxy) is 2. The Bertz CT molecular complexity index is 1470. The first-order chi connectivity index (χ1) is 21.7. The minimum absolute atomic E-state index is 0.0196. The maximum Gasteiger partial charge on any atom is 0.308 e. The number of halogens is 1. The second-order valence-corrected chi connectivity index (χ2v) is 11.9. The molecule has 1 saturated heterocycles. The van der Waals surface area contributed by atoms with Crippen molar-refractivity contribution in [1.82, 2.24) is 9.88 Å². The number of fused-ring (bicyclic) bond motifs is 1. The van der Waals surface area contributed by atoms with E-state index in [1.165, 1.54) is 12.3 Å². The molecular weight excluding hydrogens is 581 g/mol. The number of hydrogen-bond acceptors (Lipinski definition) is 8. The van der Waals surface area contributed by atoms with Crippen molar-refractivity contribution in [2.45, 2.75) is 83.9 Å². The number of likely N-dealkylation sites (tertiary alicyclic amines) is 1. The molecule has 5 rings (SSSR count). The number of oxazole rings is 1. The van der Waals surface area contributed by atoms with Gasteiger partial charge in [-0.2, -0.15) is 0 Å². The Morgan fingerprint density at radius 2 is 1.93 bits per heavy atom. The Hall–Kier alpha value is -3.96. The molecule has 1 aromatic heterocycles. The van der Waals surface area contributed by atoms with Crippen molar-refractivity contribution in [3.8, 4) is 11.5 Å². The van der Waals surface area contributed by atoms with E-state index in [4.69, 9.17) is 13.9 Å². The van der Waals surface area contributed by atoms with Crippen LogP contribution in [0.2, 0.25) is 0 Å². The van der Waals surface area contributed by atoms with Crippen LogP contribution in [0.25, 0.3) is 0 Å². The lowest BCUT2D eigenvalue weighted by Gasteiger charge is -2.35. The van der Waals surface area contributed by atoms with Crippen LogP contribution in [0.1, 0.15) is 74.5 Å². The van der Waals surface area contributed by atoms with Gasteiger partial charge in [-0.05, 0) is 67.6 Å². The fourth-order valence-corrected chi connectivity index (χ4v) is 6.93. The molecule has 2 aliphatic rings.